The first kappa shape index (κ1) is 12.3. The number of aliphatic hydroxyl groups excluding tert-OH is 1. The van der Waals surface area contributed by atoms with Gasteiger partial charge < -0.3 is 5.11 Å². The number of hydrogen-bond donors (Lipinski definition) is 1. The molecule has 0 amide bonds. The summed E-state index contributed by atoms with van der Waals surface area (Å²) in [7, 11) is 0. The van der Waals surface area contributed by atoms with Crippen LogP contribution in [0, 0.1) is 11.8 Å². The van der Waals surface area contributed by atoms with Crippen LogP contribution in [-0.4, -0.2) is 11.7 Å². The highest BCUT2D eigenvalue weighted by atomic mass is 16.2. The van der Waals surface area contributed by atoms with Gasteiger partial charge in [-0.25, -0.2) is 0 Å². The van der Waals surface area contributed by atoms with Gasteiger partial charge in [0.1, 0.15) is 0 Å². The summed E-state index contributed by atoms with van der Waals surface area (Å²) >= 11 is 0. The van der Waals surface area contributed by atoms with Crippen LogP contribution in [0.15, 0.2) is 12.2 Å². The van der Waals surface area contributed by atoms with E-state index < -0.39 is 0 Å². The summed E-state index contributed by atoms with van der Waals surface area (Å²) in [5, 5.41) is 8.47. The van der Waals surface area contributed by atoms with Gasteiger partial charge in [0.25, 0.3) is 0 Å². The highest BCUT2D eigenvalue weighted by Crippen LogP contribution is 2.00. The molecule has 0 aromatic carbocycles. The van der Waals surface area contributed by atoms with Crippen LogP contribution in [0.25, 0.3) is 0 Å². The number of rotatable bonds is 6. The molecule has 0 saturated heterocycles. The van der Waals surface area contributed by atoms with Crippen LogP contribution in [-0.2, 0) is 0 Å². The monoisotopic (exact) mass is 180 g/mol. The van der Waals surface area contributed by atoms with Gasteiger partial charge in [0, 0.05) is 13.0 Å². The van der Waals surface area contributed by atoms with Crippen molar-refractivity contribution in [2.24, 2.45) is 0 Å². The van der Waals surface area contributed by atoms with Gasteiger partial charge in [-0.15, -0.1) is 0 Å². The molecule has 0 unspecified atom stereocenters. The van der Waals surface area contributed by atoms with Gasteiger partial charge in [0.15, 0.2) is 0 Å². The lowest BCUT2D eigenvalue weighted by atomic mass is 10.2. The number of unbranched alkanes of at least 4 members (excludes halogenated alkanes) is 4. The van der Waals surface area contributed by atoms with Gasteiger partial charge in [-0.1, -0.05) is 44.1 Å². The molecule has 0 fully saturated rings. The Kier molecular flexibility index (Phi) is 10.6. The van der Waals surface area contributed by atoms with Crippen LogP contribution in [0.5, 0.6) is 0 Å². The van der Waals surface area contributed by atoms with Crippen molar-refractivity contribution < 1.29 is 5.11 Å². The predicted molar refractivity (Wildman–Crippen MR) is 57.4 cm³/mol. The summed E-state index contributed by atoms with van der Waals surface area (Å²) in [6.45, 7) is 2.43. The van der Waals surface area contributed by atoms with Gasteiger partial charge in [-0.3, -0.25) is 0 Å². The molecule has 0 aliphatic rings. The fourth-order valence-corrected chi connectivity index (χ4v) is 0.988. The molecule has 0 spiro atoms. The Bertz CT molecular complexity index is 171. The Labute approximate surface area is 81.9 Å². The van der Waals surface area contributed by atoms with Crippen molar-refractivity contribution in [3.8, 4) is 11.8 Å². The van der Waals surface area contributed by atoms with E-state index in [0.717, 1.165) is 6.42 Å². The van der Waals surface area contributed by atoms with E-state index in [1.165, 1.54) is 25.7 Å². The molecule has 0 aliphatic heterocycles. The molecule has 74 valence electrons. The van der Waals surface area contributed by atoms with E-state index >= 15 is 0 Å². The van der Waals surface area contributed by atoms with Crippen molar-refractivity contribution in [3.05, 3.63) is 12.2 Å². The molecular formula is C12H20O. The molecule has 0 aromatic heterocycles. The van der Waals surface area contributed by atoms with E-state index in [1.54, 1.807) is 0 Å². The minimum atomic E-state index is 0.217. The van der Waals surface area contributed by atoms with E-state index in [1.807, 2.05) is 12.2 Å². The zero-order valence-corrected chi connectivity index (χ0v) is 8.55. The van der Waals surface area contributed by atoms with Crippen molar-refractivity contribution >= 4 is 0 Å². The Hall–Kier alpha value is -0.740. The summed E-state index contributed by atoms with van der Waals surface area (Å²) in [6, 6.07) is 0. The molecule has 1 nitrogen and oxygen atoms in total. The Balaban J connectivity index is 3.19. The van der Waals surface area contributed by atoms with Crippen molar-refractivity contribution in [2.75, 3.05) is 6.61 Å². The first-order valence-electron chi connectivity index (χ1n) is 5.16. The first-order valence-corrected chi connectivity index (χ1v) is 5.16. The molecule has 13 heavy (non-hydrogen) atoms. The second-order valence-corrected chi connectivity index (χ2v) is 3.05. The zero-order valence-electron chi connectivity index (χ0n) is 8.55. The van der Waals surface area contributed by atoms with Gasteiger partial charge in [-0.2, -0.15) is 0 Å². The molecule has 0 aliphatic carbocycles. The normalized spacial score (nSPS) is 10.0. The lowest BCUT2D eigenvalue weighted by molar-refractivity contribution is 0.302. The third-order valence-electron chi connectivity index (χ3n) is 1.75. The van der Waals surface area contributed by atoms with Gasteiger partial charge in [-0.05, 0) is 18.9 Å². The molecule has 0 saturated carbocycles. The Morgan fingerprint density at radius 3 is 2.77 bits per heavy atom. The van der Waals surface area contributed by atoms with Crippen molar-refractivity contribution in [2.45, 2.75) is 45.4 Å². The SMILES string of the molecule is CCCCCCC#C/C=C/CCO. The van der Waals surface area contributed by atoms with Crippen LogP contribution < -0.4 is 0 Å². The van der Waals surface area contributed by atoms with Crippen LogP contribution in [0.3, 0.4) is 0 Å². The van der Waals surface area contributed by atoms with Gasteiger partial charge in [0.2, 0.25) is 0 Å². The van der Waals surface area contributed by atoms with Gasteiger partial charge >= 0.3 is 0 Å². The largest absolute Gasteiger partial charge is 0.396 e. The topological polar surface area (TPSA) is 20.2 Å². The molecular weight excluding hydrogens is 160 g/mol. The van der Waals surface area contributed by atoms with Crippen LogP contribution in [0.4, 0.5) is 0 Å². The van der Waals surface area contributed by atoms with Crippen LogP contribution in [0.2, 0.25) is 0 Å². The molecule has 1 heteroatoms. The van der Waals surface area contributed by atoms with Crippen LogP contribution >= 0.6 is 0 Å². The smallest absolute Gasteiger partial charge is 0.0465 e. The maximum absolute atomic E-state index is 8.47. The molecule has 0 atom stereocenters. The highest BCUT2D eigenvalue weighted by molar-refractivity contribution is 5.14. The molecule has 0 bridgehead atoms. The summed E-state index contributed by atoms with van der Waals surface area (Å²) in [5.41, 5.74) is 0. The average Bonchev–Trinajstić information content (AvgIpc) is 2.16. The van der Waals surface area contributed by atoms with E-state index in [4.69, 9.17) is 5.11 Å². The lowest BCUT2D eigenvalue weighted by Gasteiger charge is -1.91. The first-order chi connectivity index (χ1) is 6.41. The predicted octanol–water partition coefficient (Wildman–Crippen LogP) is 2.90. The zero-order chi connectivity index (χ0) is 9.78. The minimum Gasteiger partial charge on any atom is -0.396 e. The third kappa shape index (κ3) is 11.3. The second kappa shape index (κ2) is 11.3. The minimum absolute atomic E-state index is 0.217. The standard InChI is InChI=1S/C12H20O/c1-2-3-4-5-6-7-8-9-10-11-12-13/h9-10,13H,2-6,11-12H2,1H3/b10-9+. The second-order valence-electron chi connectivity index (χ2n) is 3.05. The van der Waals surface area contributed by atoms with E-state index in [0.29, 0.717) is 6.42 Å². The average molecular weight is 180 g/mol. The quantitative estimate of drug-likeness (QED) is 0.492. The third-order valence-corrected chi connectivity index (χ3v) is 1.75. The maximum Gasteiger partial charge on any atom is 0.0465 e. The van der Waals surface area contributed by atoms with Crippen molar-refractivity contribution in [1.29, 1.82) is 0 Å². The van der Waals surface area contributed by atoms with Gasteiger partial charge in [0.05, 0.1) is 0 Å². The van der Waals surface area contributed by atoms with E-state index in [9.17, 15) is 0 Å². The Morgan fingerprint density at radius 2 is 2.08 bits per heavy atom. The fourth-order valence-electron chi connectivity index (χ4n) is 0.988. The molecule has 0 radical (unpaired) electrons. The van der Waals surface area contributed by atoms with E-state index in [2.05, 4.69) is 18.8 Å². The summed E-state index contributed by atoms with van der Waals surface area (Å²) in [4.78, 5) is 0. The van der Waals surface area contributed by atoms with Crippen molar-refractivity contribution in [3.63, 3.8) is 0 Å². The summed E-state index contributed by atoms with van der Waals surface area (Å²) in [6.07, 6.45) is 10.6. The number of hydrogen-bond acceptors (Lipinski definition) is 1. The van der Waals surface area contributed by atoms with Crippen molar-refractivity contribution in [1.82, 2.24) is 0 Å². The van der Waals surface area contributed by atoms with E-state index in [-0.39, 0.29) is 6.61 Å². The molecule has 0 heterocycles. The molecule has 0 aromatic rings. The highest BCUT2D eigenvalue weighted by Gasteiger charge is 1.82. The maximum atomic E-state index is 8.47. The van der Waals surface area contributed by atoms with Crippen LogP contribution in [0.1, 0.15) is 45.4 Å². The lowest BCUT2D eigenvalue weighted by Crippen LogP contribution is -1.75. The number of allylic oxidation sites excluding steroid dienone is 1. The Morgan fingerprint density at radius 1 is 1.23 bits per heavy atom. The summed E-state index contributed by atoms with van der Waals surface area (Å²) in [5.74, 6) is 6.04. The molecule has 0 rings (SSSR count). The number of aliphatic hydroxyl groups is 1. The summed E-state index contributed by atoms with van der Waals surface area (Å²) < 4.78 is 0. The molecule has 1 N–H and O–H groups in total. The fraction of sp³-hybridized carbons (Fsp3) is 0.667.